The van der Waals surface area contributed by atoms with E-state index in [0.29, 0.717) is 22.6 Å². The number of hydrogen-bond donors (Lipinski definition) is 2. The Labute approximate surface area is 126 Å². The number of hydrogen-bond acceptors (Lipinski definition) is 5. The molecule has 0 aliphatic heterocycles. The summed E-state index contributed by atoms with van der Waals surface area (Å²) >= 11 is 6.07. The van der Waals surface area contributed by atoms with E-state index in [1.165, 1.54) is 18.5 Å². The molecule has 0 spiro atoms. The molecule has 7 heteroatoms. The summed E-state index contributed by atoms with van der Waals surface area (Å²) in [5, 5.41) is 18.8. The fourth-order valence-electron chi connectivity index (χ4n) is 1.45. The van der Waals surface area contributed by atoms with E-state index in [9.17, 15) is 4.79 Å². The molecular weight excluding hydrogens is 292 g/mol. The summed E-state index contributed by atoms with van der Waals surface area (Å²) < 4.78 is 0. The average molecular weight is 303 g/mol. The summed E-state index contributed by atoms with van der Waals surface area (Å²) in [6, 6.07) is 4.75. The lowest BCUT2D eigenvalue weighted by Gasteiger charge is -2.04. The first-order chi connectivity index (χ1) is 10.2. The van der Waals surface area contributed by atoms with Gasteiger partial charge in [0.25, 0.3) is 5.91 Å². The third-order valence-corrected chi connectivity index (χ3v) is 2.71. The lowest BCUT2D eigenvalue weighted by atomic mass is 10.1. The minimum Gasteiger partial charge on any atom is -0.395 e. The van der Waals surface area contributed by atoms with Crippen LogP contribution in [0, 0.1) is 11.8 Å². The Kier molecular flexibility index (Phi) is 5.21. The maximum Gasteiger partial charge on any atom is 0.258 e. The number of rotatable bonds is 3. The van der Waals surface area contributed by atoms with Gasteiger partial charge in [0, 0.05) is 17.5 Å². The zero-order valence-electron chi connectivity index (χ0n) is 10.9. The highest BCUT2D eigenvalue weighted by Crippen LogP contribution is 2.17. The standard InChI is InChI=1S/C14H11ClN4O2/c15-12-9-11(5-4-10(12)3-1-2-8-20)13(21)18-14-16-6-7-17-19-14/h4-7,9,20H,2,8H2,(H,16,18,19,21). The third-order valence-electron chi connectivity index (χ3n) is 2.40. The fourth-order valence-corrected chi connectivity index (χ4v) is 1.68. The number of amides is 1. The van der Waals surface area contributed by atoms with Gasteiger partial charge >= 0.3 is 0 Å². The van der Waals surface area contributed by atoms with Crippen molar-refractivity contribution in [3.05, 3.63) is 46.7 Å². The first-order valence-corrected chi connectivity index (χ1v) is 6.43. The van der Waals surface area contributed by atoms with Crippen molar-refractivity contribution in [2.75, 3.05) is 11.9 Å². The number of benzene rings is 1. The van der Waals surface area contributed by atoms with Gasteiger partial charge in [0.1, 0.15) is 0 Å². The van der Waals surface area contributed by atoms with Gasteiger partial charge in [-0.2, -0.15) is 5.10 Å². The van der Waals surface area contributed by atoms with E-state index < -0.39 is 0 Å². The van der Waals surface area contributed by atoms with Crippen LogP contribution in [-0.2, 0) is 0 Å². The smallest absolute Gasteiger partial charge is 0.258 e. The van der Waals surface area contributed by atoms with Crippen LogP contribution in [-0.4, -0.2) is 32.8 Å². The molecule has 2 N–H and O–H groups in total. The molecule has 1 aromatic carbocycles. The Hall–Kier alpha value is -2.49. The van der Waals surface area contributed by atoms with E-state index in [2.05, 4.69) is 32.3 Å². The summed E-state index contributed by atoms with van der Waals surface area (Å²) in [6.07, 6.45) is 3.21. The number of aliphatic hydroxyl groups is 1. The number of carbonyl (C=O) groups is 1. The zero-order valence-corrected chi connectivity index (χ0v) is 11.6. The predicted octanol–water partition coefficient (Wildman–Crippen LogP) is 1.51. The topological polar surface area (TPSA) is 88.0 Å². The maximum absolute atomic E-state index is 12.0. The van der Waals surface area contributed by atoms with Crippen molar-refractivity contribution in [3.8, 4) is 11.8 Å². The molecule has 0 aliphatic rings. The van der Waals surface area contributed by atoms with Crippen LogP contribution in [0.1, 0.15) is 22.3 Å². The molecule has 0 radical (unpaired) electrons. The maximum atomic E-state index is 12.0. The SMILES string of the molecule is O=C(Nc1nccnn1)c1ccc(C#CCCO)c(Cl)c1. The van der Waals surface area contributed by atoms with Gasteiger partial charge in [-0.25, -0.2) is 4.98 Å². The molecule has 106 valence electrons. The third kappa shape index (κ3) is 4.24. The minimum absolute atomic E-state index is 0.00375. The normalized spacial score (nSPS) is 9.62. The number of aromatic nitrogens is 3. The molecule has 2 aromatic rings. The highest BCUT2D eigenvalue weighted by Gasteiger charge is 2.09. The van der Waals surface area contributed by atoms with Gasteiger partial charge in [-0.1, -0.05) is 23.4 Å². The zero-order chi connectivity index (χ0) is 15.1. The number of aliphatic hydroxyl groups excluding tert-OH is 1. The largest absolute Gasteiger partial charge is 0.395 e. The molecule has 6 nitrogen and oxygen atoms in total. The van der Waals surface area contributed by atoms with Gasteiger partial charge in [-0.3, -0.25) is 10.1 Å². The van der Waals surface area contributed by atoms with Crippen molar-refractivity contribution in [3.63, 3.8) is 0 Å². The highest BCUT2D eigenvalue weighted by molar-refractivity contribution is 6.32. The molecule has 1 amide bonds. The Bertz CT molecular complexity index is 695. The molecule has 0 saturated heterocycles. The van der Waals surface area contributed by atoms with Crippen LogP contribution in [0.4, 0.5) is 5.95 Å². The van der Waals surface area contributed by atoms with Crippen molar-refractivity contribution in [2.24, 2.45) is 0 Å². The predicted molar refractivity (Wildman–Crippen MR) is 77.8 cm³/mol. The van der Waals surface area contributed by atoms with Gasteiger partial charge in [0.15, 0.2) is 0 Å². The fraction of sp³-hybridized carbons (Fsp3) is 0.143. The van der Waals surface area contributed by atoms with Crippen molar-refractivity contribution in [1.82, 2.24) is 15.2 Å². The summed E-state index contributed by atoms with van der Waals surface area (Å²) in [5.41, 5.74) is 0.958. The molecule has 21 heavy (non-hydrogen) atoms. The van der Waals surface area contributed by atoms with E-state index in [1.807, 2.05) is 0 Å². The van der Waals surface area contributed by atoms with Crippen LogP contribution >= 0.6 is 11.6 Å². The van der Waals surface area contributed by atoms with Crippen LogP contribution in [0.15, 0.2) is 30.6 Å². The molecule has 0 fully saturated rings. The number of nitrogens with one attached hydrogen (secondary N) is 1. The summed E-state index contributed by atoms with van der Waals surface area (Å²) in [4.78, 5) is 15.8. The Morgan fingerprint density at radius 3 is 2.90 bits per heavy atom. The highest BCUT2D eigenvalue weighted by atomic mass is 35.5. The Morgan fingerprint density at radius 1 is 1.38 bits per heavy atom. The van der Waals surface area contributed by atoms with Crippen LogP contribution in [0.3, 0.4) is 0 Å². The van der Waals surface area contributed by atoms with E-state index in [0.717, 1.165) is 0 Å². The summed E-state index contributed by atoms with van der Waals surface area (Å²) in [7, 11) is 0. The van der Waals surface area contributed by atoms with Crippen LogP contribution in [0.2, 0.25) is 5.02 Å². The Morgan fingerprint density at radius 2 is 2.24 bits per heavy atom. The van der Waals surface area contributed by atoms with Gasteiger partial charge in [-0.05, 0) is 18.2 Å². The number of anilines is 1. The van der Waals surface area contributed by atoms with E-state index in [4.69, 9.17) is 16.7 Å². The van der Waals surface area contributed by atoms with Gasteiger partial charge in [-0.15, -0.1) is 5.10 Å². The second-order valence-corrected chi connectivity index (χ2v) is 4.30. The van der Waals surface area contributed by atoms with Gasteiger partial charge in [0.2, 0.25) is 5.95 Å². The molecule has 0 atom stereocenters. The molecule has 1 heterocycles. The lowest BCUT2D eigenvalue weighted by molar-refractivity contribution is 0.102. The molecule has 2 rings (SSSR count). The number of halogens is 1. The molecule has 1 aromatic heterocycles. The minimum atomic E-state index is -0.389. The van der Waals surface area contributed by atoms with Gasteiger partial charge < -0.3 is 5.11 Å². The van der Waals surface area contributed by atoms with E-state index in [-0.39, 0.29) is 18.5 Å². The Balaban J connectivity index is 2.13. The molecular formula is C14H11ClN4O2. The van der Waals surface area contributed by atoms with Crippen LogP contribution < -0.4 is 5.32 Å². The number of carbonyl (C=O) groups excluding carboxylic acids is 1. The quantitative estimate of drug-likeness (QED) is 0.839. The second-order valence-electron chi connectivity index (χ2n) is 3.89. The van der Waals surface area contributed by atoms with E-state index >= 15 is 0 Å². The molecule has 0 bridgehead atoms. The van der Waals surface area contributed by atoms with Crippen molar-refractivity contribution in [1.29, 1.82) is 0 Å². The van der Waals surface area contributed by atoms with E-state index in [1.54, 1.807) is 12.1 Å². The average Bonchev–Trinajstić information content (AvgIpc) is 2.50. The van der Waals surface area contributed by atoms with Crippen LogP contribution in [0.25, 0.3) is 0 Å². The molecule has 0 unspecified atom stereocenters. The lowest BCUT2D eigenvalue weighted by Crippen LogP contribution is -2.14. The first-order valence-electron chi connectivity index (χ1n) is 6.05. The van der Waals surface area contributed by atoms with Crippen molar-refractivity contribution < 1.29 is 9.90 Å². The summed E-state index contributed by atoms with van der Waals surface area (Å²) in [6.45, 7) is -0.00375. The first kappa shape index (κ1) is 14.9. The van der Waals surface area contributed by atoms with Crippen LogP contribution in [0.5, 0.6) is 0 Å². The summed E-state index contributed by atoms with van der Waals surface area (Å²) in [5.74, 6) is 5.32. The van der Waals surface area contributed by atoms with Crippen molar-refractivity contribution >= 4 is 23.5 Å². The molecule has 0 aliphatic carbocycles. The second kappa shape index (κ2) is 7.33. The monoisotopic (exact) mass is 302 g/mol. The number of nitrogens with zero attached hydrogens (tertiary/aromatic N) is 3. The van der Waals surface area contributed by atoms with Crippen molar-refractivity contribution in [2.45, 2.75) is 6.42 Å². The molecule has 0 saturated carbocycles. The van der Waals surface area contributed by atoms with Gasteiger partial charge in [0.05, 0.1) is 24.0 Å².